The molecule has 4 heterocycles. The van der Waals surface area contributed by atoms with Crippen LogP contribution in [0.1, 0.15) is 16.2 Å². The number of carbonyl (C=O) groups is 1. The lowest BCUT2D eigenvalue weighted by molar-refractivity contribution is 0.0614. The number of piperazine rings is 1. The topological polar surface area (TPSA) is 78.5 Å². The minimum atomic E-state index is -0.0540. The maximum Gasteiger partial charge on any atom is 0.274 e. The molecule has 0 saturated carbocycles. The molecule has 1 amide bonds. The molecule has 0 aromatic carbocycles. The molecule has 0 unspecified atom stereocenters. The van der Waals surface area contributed by atoms with Crippen LogP contribution in [0.3, 0.4) is 0 Å². The number of aromatic nitrogens is 2. The van der Waals surface area contributed by atoms with Crippen LogP contribution in [0.5, 0.6) is 0 Å². The summed E-state index contributed by atoms with van der Waals surface area (Å²) in [6.45, 7) is 3.79. The van der Waals surface area contributed by atoms with Crippen LogP contribution >= 0.6 is 0 Å². The van der Waals surface area contributed by atoms with Crippen molar-refractivity contribution in [2.75, 3.05) is 26.2 Å². The number of furan rings is 2. The van der Waals surface area contributed by atoms with E-state index in [0.717, 1.165) is 25.4 Å². The second kappa shape index (κ2) is 6.37. The fourth-order valence-corrected chi connectivity index (χ4v) is 2.88. The second-order valence-corrected chi connectivity index (χ2v) is 5.79. The third-order valence-corrected chi connectivity index (χ3v) is 4.20. The van der Waals surface area contributed by atoms with Gasteiger partial charge in [-0.3, -0.25) is 14.8 Å². The molecule has 1 aliphatic rings. The Labute approximate surface area is 138 Å². The Kier molecular flexibility index (Phi) is 3.92. The molecule has 1 saturated heterocycles. The Morgan fingerprint density at radius 1 is 1.12 bits per heavy atom. The highest BCUT2D eigenvalue weighted by Crippen LogP contribution is 2.19. The summed E-state index contributed by atoms with van der Waals surface area (Å²) in [5.74, 6) is 1.57. The summed E-state index contributed by atoms with van der Waals surface area (Å²) in [6, 6.07) is 9.22. The molecule has 1 fully saturated rings. The normalized spacial score (nSPS) is 15.8. The van der Waals surface area contributed by atoms with E-state index in [0.29, 0.717) is 30.2 Å². The van der Waals surface area contributed by atoms with Crippen LogP contribution in [-0.2, 0) is 6.54 Å². The molecule has 1 N–H and O–H groups in total. The van der Waals surface area contributed by atoms with E-state index in [4.69, 9.17) is 8.83 Å². The van der Waals surface area contributed by atoms with E-state index in [-0.39, 0.29) is 5.91 Å². The zero-order valence-electron chi connectivity index (χ0n) is 13.1. The smallest absolute Gasteiger partial charge is 0.274 e. The highest BCUT2D eigenvalue weighted by atomic mass is 16.3. The average Bonchev–Trinajstić information content (AvgIpc) is 3.36. The molecule has 0 aliphatic carbocycles. The van der Waals surface area contributed by atoms with Crippen molar-refractivity contribution in [2.45, 2.75) is 6.54 Å². The van der Waals surface area contributed by atoms with E-state index in [1.165, 1.54) is 0 Å². The van der Waals surface area contributed by atoms with Crippen molar-refractivity contribution < 1.29 is 13.6 Å². The van der Waals surface area contributed by atoms with Gasteiger partial charge in [0.2, 0.25) is 0 Å². The number of hydrogen-bond donors (Lipinski definition) is 1. The lowest BCUT2D eigenvalue weighted by atomic mass is 10.2. The Balaban J connectivity index is 1.36. The molecule has 0 atom stereocenters. The first-order valence-electron chi connectivity index (χ1n) is 7.93. The number of hydrogen-bond acceptors (Lipinski definition) is 5. The summed E-state index contributed by atoms with van der Waals surface area (Å²) in [5, 5.41) is 6.97. The number of aromatic amines is 1. The van der Waals surface area contributed by atoms with Crippen LogP contribution in [0.25, 0.3) is 11.5 Å². The number of amides is 1. The summed E-state index contributed by atoms with van der Waals surface area (Å²) < 4.78 is 10.7. The lowest BCUT2D eigenvalue weighted by Crippen LogP contribution is -2.48. The van der Waals surface area contributed by atoms with Crippen LogP contribution in [0.15, 0.2) is 51.7 Å². The van der Waals surface area contributed by atoms with Crippen molar-refractivity contribution >= 4 is 5.91 Å². The van der Waals surface area contributed by atoms with E-state index in [2.05, 4.69) is 15.1 Å². The minimum Gasteiger partial charge on any atom is -0.468 e. The largest absolute Gasteiger partial charge is 0.468 e. The maximum atomic E-state index is 12.6. The van der Waals surface area contributed by atoms with Crippen molar-refractivity contribution in [3.63, 3.8) is 0 Å². The third-order valence-electron chi connectivity index (χ3n) is 4.20. The summed E-state index contributed by atoms with van der Waals surface area (Å²) in [7, 11) is 0. The molecule has 0 bridgehead atoms. The Morgan fingerprint density at radius 2 is 1.92 bits per heavy atom. The van der Waals surface area contributed by atoms with E-state index in [9.17, 15) is 4.79 Å². The van der Waals surface area contributed by atoms with Gasteiger partial charge in [-0.1, -0.05) is 0 Å². The van der Waals surface area contributed by atoms with Gasteiger partial charge in [0, 0.05) is 32.2 Å². The highest BCUT2D eigenvalue weighted by Gasteiger charge is 2.24. The van der Waals surface area contributed by atoms with Crippen molar-refractivity contribution in [1.29, 1.82) is 0 Å². The SMILES string of the molecule is O=C(c1cc(-c2ccco2)[nH]n1)N1CCN(Cc2ccco2)CC1. The third kappa shape index (κ3) is 2.98. The Bertz CT molecular complexity index is 784. The van der Waals surface area contributed by atoms with Gasteiger partial charge in [-0.2, -0.15) is 5.10 Å². The van der Waals surface area contributed by atoms with Crippen LogP contribution in [0.4, 0.5) is 0 Å². The predicted octanol–water partition coefficient (Wildman–Crippen LogP) is 2.22. The molecule has 0 spiro atoms. The number of nitrogens with zero attached hydrogens (tertiary/aromatic N) is 3. The monoisotopic (exact) mass is 326 g/mol. The Hall–Kier alpha value is -2.80. The van der Waals surface area contributed by atoms with Gasteiger partial charge >= 0.3 is 0 Å². The summed E-state index contributed by atoms with van der Waals surface area (Å²) in [5.41, 5.74) is 1.13. The molecule has 4 rings (SSSR count). The van der Waals surface area contributed by atoms with E-state index in [1.54, 1.807) is 24.7 Å². The molecule has 24 heavy (non-hydrogen) atoms. The fraction of sp³-hybridized carbons (Fsp3) is 0.294. The standard InChI is InChI=1S/C17H18N4O3/c22-17(15-11-14(18-19-15)16-4-2-10-24-16)21-7-5-20(6-8-21)12-13-3-1-9-23-13/h1-4,9-11H,5-8,12H2,(H,18,19). The Morgan fingerprint density at radius 3 is 2.62 bits per heavy atom. The number of carbonyl (C=O) groups excluding carboxylic acids is 1. The van der Waals surface area contributed by atoms with Gasteiger partial charge in [0.25, 0.3) is 5.91 Å². The van der Waals surface area contributed by atoms with Gasteiger partial charge < -0.3 is 13.7 Å². The first-order valence-corrected chi connectivity index (χ1v) is 7.93. The van der Waals surface area contributed by atoms with Gasteiger partial charge in [0.15, 0.2) is 11.5 Å². The second-order valence-electron chi connectivity index (χ2n) is 5.79. The van der Waals surface area contributed by atoms with Crippen LogP contribution in [-0.4, -0.2) is 52.1 Å². The molecule has 0 radical (unpaired) electrons. The summed E-state index contributed by atoms with van der Waals surface area (Å²) in [4.78, 5) is 16.7. The van der Waals surface area contributed by atoms with E-state index >= 15 is 0 Å². The lowest BCUT2D eigenvalue weighted by Gasteiger charge is -2.33. The van der Waals surface area contributed by atoms with Crippen molar-refractivity contribution in [2.24, 2.45) is 0 Å². The van der Waals surface area contributed by atoms with Gasteiger partial charge in [-0.25, -0.2) is 0 Å². The molecule has 124 valence electrons. The summed E-state index contributed by atoms with van der Waals surface area (Å²) >= 11 is 0. The fourth-order valence-electron chi connectivity index (χ4n) is 2.88. The van der Waals surface area contributed by atoms with E-state index < -0.39 is 0 Å². The molecular formula is C17H18N4O3. The van der Waals surface area contributed by atoms with Crippen LogP contribution in [0, 0.1) is 0 Å². The minimum absolute atomic E-state index is 0.0540. The van der Waals surface area contributed by atoms with Gasteiger partial charge in [-0.15, -0.1) is 0 Å². The molecule has 7 nitrogen and oxygen atoms in total. The summed E-state index contributed by atoms with van der Waals surface area (Å²) in [6.07, 6.45) is 3.28. The molecule has 3 aromatic heterocycles. The van der Waals surface area contributed by atoms with Crippen molar-refractivity contribution in [1.82, 2.24) is 20.0 Å². The van der Waals surface area contributed by atoms with Crippen LogP contribution in [0.2, 0.25) is 0 Å². The number of H-pyrrole nitrogens is 1. The number of nitrogens with one attached hydrogen (secondary N) is 1. The highest BCUT2D eigenvalue weighted by molar-refractivity contribution is 5.93. The maximum absolute atomic E-state index is 12.6. The molecule has 1 aliphatic heterocycles. The quantitative estimate of drug-likeness (QED) is 0.795. The van der Waals surface area contributed by atoms with Gasteiger partial charge in [0.05, 0.1) is 19.1 Å². The van der Waals surface area contributed by atoms with Crippen molar-refractivity contribution in [3.05, 3.63) is 54.3 Å². The molecule has 3 aromatic rings. The number of rotatable bonds is 4. The first-order chi connectivity index (χ1) is 11.8. The van der Waals surface area contributed by atoms with E-state index in [1.807, 2.05) is 23.1 Å². The molecular weight excluding hydrogens is 308 g/mol. The van der Waals surface area contributed by atoms with Crippen LogP contribution < -0.4 is 0 Å². The first kappa shape index (κ1) is 14.8. The zero-order valence-corrected chi connectivity index (χ0v) is 13.1. The average molecular weight is 326 g/mol. The molecule has 7 heteroatoms. The zero-order chi connectivity index (χ0) is 16.4. The van der Waals surface area contributed by atoms with Crippen molar-refractivity contribution in [3.8, 4) is 11.5 Å². The van der Waals surface area contributed by atoms with Gasteiger partial charge in [0.1, 0.15) is 11.5 Å². The van der Waals surface area contributed by atoms with Gasteiger partial charge in [-0.05, 0) is 24.3 Å². The predicted molar refractivity (Wildman–Crippen MR) is 86.2 cm³/mol.